The Bertz CT molecular complexity index is 1370. The van der Waals surface area contributed by atoms with Crippen molar-refractivity contribution in [1.29, 1.82) is 0 Å². The molecular weight excluding hydrogens is 512 g/mol. The number of halogens is 1. The smallest absolute Gasteiger partial charge is 0.160 e. The Balaban J connectivity index is 1.37. The number of nitrogens with one attached hydrogen (secondary N) is 1. The first-order valence-corrected chi connectivity index (χ1v) is 12.4. The minimum atomic E-state index is -1.26. The van der Waals surface area contributed by atoms with Gasteiger partial charge >= 0.3 is 0 Å². The minimum absolute atomic E-state index is 0.201. The third-order valence-corrected chi connectivity index (χ3v) is 6.89. The van der Waals surface area contributed by atoms with Crippen LogP contribution in [0.2, 0.25) is 0 Å². The molecule has 4 N–H and O–H groups in total. The van der Waals surface area contributed by atoms with Crippen molar-refractivity contribution in [3.63, 3.8) is 0 Å². The van der Waals surface area contributed by atoms with Crippen molar-refractivity contribution in [2.75, 3.05) is 18.1 Å². The monoisotopic (exact) mass is 540 g/mol. The van der Waals surface area contributed by atoms with Gasteiger partial charge in [-0.05, 0) is 66.4 Å². The number of nitrogen functional groups attached to an aromatic ring is 1. The Labute approximate surface area is 211 Å². The van der Waals surface area contributed by atoms with E-state index in [-0.39, 0.29) is 18.4 Å². The maximum atomic E-state index is 10.4. The van der Waals surface area contributed by atoms with E-state index >= 15 is 0 Å². The number of hydrogen-bond donors (Lipinski definition) is 3. The van der Waals surface area contributed by atoms with Crippen molar-refractivity contribution in [3.8, 4) is 0 Å². The van der Waals surface area contributed by atoms with E-state index < -0.39 is 5.79 Å². The van der Waals surface area contributed by atoms with Gasteiger partial charge in [-0.25, -0.2) is 15.0 Å². The summed E-state index contributed by atoms with van der Waals surface area (Å²) < 4.78 is 15.3. The summed E-state index contributed by atoms with van der Waals surface area (Å²) in [6, 6.07) is 10.2. The number of fused-ring (bicyclic) bond motifs is 2. The largest absolute Gasteiger partial charge is 0.383 e. The molecule has 1 aromatic carbocycles. The summed E-state index contributed by atoms with van der Waals surface area (Å²) >= 11 is 3.43. The highest BCUT2D eigenvalue weighted by atomic mass is 79.9. The Hall–Kier alpha value is -2.79. The van der Waals surface area contributed by atoms with Gasteiger partial charge in [0.15, 0.2) is 5.79 Å². The average molecular weight is 541 g/mol. The third kappa shape index (κ3) is 4.97. The highest BCUT2D eigenvalue weighted by molar-refractivity contribution is 9.10. The Morgan fingerprint density at radius 2 is 2.11 bits per heavy atom. The van der Waals surface area contributed by atoms with Gasteiger partial charge in [-0.3, -0.25) is 0 Å². The first kappa shape index (κ1) is 23.9. The van der Waals surface area contributed by atoms with Crippen LogP contribution < -0.4 is 11.1 Å². The number of benzene rings is 1. The highest BCUT2D eigenvalue weighted by Crippen LogP contribution is 2.37. The maximum Gasteiger partial charge on any atom is 0.160 e. The molecule has 10 heteroatoms. The standard InChI is InChI=1S/C25H29BrN6O3/c1-25(2,33)35-20-12-21(32-9-8-16-23(28-3)29-13-30-24(16)32)34-19(20)7-5-14-4-6-15-11-17(26)22(27)31-18(15)10-14/h4,6,8-11,13,19-21,33H,5,7,12H2,1-3H3,(H2,27,31)(H,28,29,30). The Morgan fingerprint density at radius 3 is 2.89 bits per heavy atom. The molecule has 0 saturated carbocycles. The molecule has 0 spiro atoms. The van der Waals surface area contributed by atoms with Crippen LogP contribution in [0.5, 0.6) is 0 Å². The fraction of sp³-hybridized carbons (Fsp3) is 0.400. The number of ether oxygens (including phenoxy) is 2. The number of rotatable bonds is 7. The molecule has 4 aromatic rings. The van der Waals surface area contributed by atoms with Crippen LogP contribution >= 0.6 is 15.9 Å². The predicted molar refractivity (Wildman–Crippen MR) is 139 cm³/mol. The molecule has 0 amide bonds. The highest BCUT2D eigenvalue weighted by Gasteiger charge is 2.39. The molecule has 1 aliphatic rings. The molecule has 184 valence electrons. The molecule has 1 saturated heterocycles. The molecular formula is C25H29BrN6O3. The summed E-state index contributed by atoms with van der Waals surface area (Å²) in [4.78, 5) is 13.3. The first-order valence-electron chi connectivity index (χ1n) is 11.6. The van der Waals surface area contributed by atoms with E-state index in [0.29, 0.717) is 12.2 Å². The summed E-state index contributed by atoms with van der Waals surface area (Å²) in [6.45, 7) is 3.29. The lowest BCUT2D eigenvalue weighted by molar-refractivity contribution is -0.214. The lowest BCUT2D eigenvalue weighted by Crippen LogP contribution is -2.35. The van der Waals surface area contributed by atoms with Crippen LogP contribution in [0.25, 0.3) is 21.9 Å². The lowest BCUT2D eigenvalue weighted by atomic mass is 10.0. The SMILES string of the molecule is CNc1ncnc2c1ccn2C1CC(OC(C)(C)O)C(CCc2ccc3cc(Br)c(N)nc3c2)O1. The summed E-state index contributed by atoms with van der Waals surface area (Å²) in [7, 11) is 1.84. The van der Waals surface area contributed by atoms with Crippen molar-refractivity contribution in [1.82, 2.24) is 19.5 Å². The van der Waals surface area contributed by atoms with E-state index in [9.17, 15) is 5.11 Å². The van der Waals surface area contributed by atoms with E-state index in [1.54, 1.807) is 20.2 Å². The number of anilines is 2. The number of pyridine rings is 1. The fourth-order valence-corrected chi connectivity index (χ4v) is 5.03. The van der Waals surface area contributed by atoms with Crippen LogP contribution in [-0.2, 0) is 15.9 Å². The molecule has 9 nitrogen and oxygen atoms in total. The Kier molecular flexibility index (Phi) is 6.39. The normalized spacial score (nSPS) is 20.7. The molecule has 5 rings (SSSR count). The molecule has 0 radical (unpaired) electrons. The van der Waals surface area contributed by atoms with Crippen molar-refractivity contribution in [3.05, 3.63) is 52.9 Å². The summed E-state index contributed by atoms with van der Waals surface area (Å²) in [5, 5.41) is 15.4. The van der Waals surface area contributed by atoms with Crippen LogP contribution in [0.3, 0.4) is 0 Å². The second-order valence-electron chi connectivity index (χ2n) is 9.32. The lowest BCUT2D eigenvalue weighted by Gasteiger charge is -2.26. The van der Waals surface area contributed by atoms with Crippen LogP contribution in [0.1, 0.15) is 38.5 Å². The van der Waals surface area contributed by atoms with Gasteiger partial charge in [0, 0.05) is 25.1 Å². The number of aryl methyl sites for hydroxylation is 1. The fourth-order valence-electron chi connectivity index (χ4n) is 4.69. The average Bonchev–Trinajstić information content (AvgIpc) is 3.41. The summed E-state index contributed by atoms with van der Waals surface area (Å²) in [5.41, 5.74) is 8.76. The van der Waals surface area contributed by atoms with E-state index in [2.05, 4.69) is 54.4 Å². The van der Waals surface area contributed by atoms with E-state index in [1.807, 2.05) is 29.9 Å². The van der Waals surface area contributed by atoms with Crippen LogP contribution in [0.4, 0.5) is 11.6 Å². The summed E-state index contributed by atoms with van der Waals surface area (Å²) in [5.74, 6) is -0.0243. The van der Waals surface area contributed by atoms with Gasteiger partial charge in [0.05, 0.1) is 27.6 Å². The zero-order valence-corrected chi connectivity index (χ0v) is 21.5. The van der Waals surface area contributed by atoms with Crippen LogP contribution in [0, 0.1) is 0 Å². The minimum Gasteiger partial charge on any atom is -0.383 e. The van der Waals surface area contributed by atoms with Crippen LogP contribution in [-0.4, -0.2) is 49.7 Å². The number of nitrogens with two attached hydrogens (primary N) is 1. The van der Waals surface area contributed by atoms with Gasteiger partial charge in [0.1, 0.15) is 29.8 Å². The number of aliphatic hydroxyl groups is 1. The van der Waals surface area contributed by atoms with Gasteiger partial charge in [-0.15, -0.1) is 0 Å². The van der Waals surface area contributed by atoms with Crippen molar-refractivity contribution in [2.45, 2.75) is 57.3 Å². The van der Waals surface area contributed by atoms with E-state index in [4.69, 9.17) is 15.2 Å². The topological polar surface area (TPSA) is 120 Å². The maximum absolute atomic E-state index is 10.4. The zero-order valence-electron chi connectivity index (χ0n) is 19.9. The van der Waals surface area contributed by atoms with Crippen molar-refractivity contribution in [2.24, 2.45) is 0 Å². The molecule has 0 aliphatic carbocycles. The second kappa shape index (κ2) is 9.34. The van der Waals surface area contributed by atoms with Gasteiger partial charge < -0.3 is 30.2 Å². The van der Waals surface area contributed by atoms with Gasteiger partial charge in [-0.2, -0.15) is 0 Å². The molecule has 4 heterocycles. The first-order chi connectivity index (χ1) is 16.7. The van der Waals surface area contributed by atoms with Crippen LogP contribution in [0.15, 0.2) is 47.3 Å². The molecule has 35 heavy (non-hydrogen) atoms. The molecule has 1 fully saturated rings. The second-order valence-corrected chi connectivity index (χ2v) is 10.2. The van der Waals surface area contributed by atoms with Gasteiger partial charge in [0.25, 0.3) is 0 Å². The summed E-state index contributed by atoms with van der Waals surface area (Å²) in [6.07, 6.45) is 4.87. The number of nitrogens with zero attached hydrogens (tertiary/aromatic N) is 4. The van der Waals surface area contributed by atoms with E-state index in [0.717, 1.165) is 50.6 Å². The van der Waals surface area contributed by atoms with Crippen molar-refractivity contribution >= 4 is 49.5 Å². The Morgan fingerprint density at radius 1 is 1.29 bits per heavy atom. The van der Waals surface area contributed by atoms with Gasteiger partial charge in [-0.1, -0.05) is 12.1 Å². The third-order valence-electron chi connectivity index (χ3n) is 6.26. The zero-order chi connectivity index (χ0) is 24.7. The molecule has 1 aliphatic heterocycles. The molecule has 3 atom stereocenters. The predicted octanol–water partition coefficient (Wildman–Crippen LogP) is 4.40. The van der Waals surface area contributed by atoms with Crippen molar-refractivity contribution < 1.29 is 14.6 Å². The van der Waals surface area contributed by atoms with Gasteiger partial charge in [0.2, 0.25) is 0 Å². The molecule has 0 bridgehead atoms. The number of hydrogen-bond acceptors (Lipinski definition) is 8. The van der Waals surface area contributed by atoms with E-state index in [1.165, 1.54) is 0 Å². The quantitative estimate of drug-likeness (QED) is 0.295. The number of aromatic nitrogens is 4. The molecule has 3 aromatic heterocycles. The molecule has 3 unspecified atom stereocenters.